The predicted octanol–water partition coefficient (Wildman–Crippen LogP) is 2.90. The van der Waals surface area contributed by atoms with Gasteiger partial charge in [-0.15, -0.1) is 0 Å². The van der Waals surface area contributed by atoms with E-state index in [9.17, 15) is 13.2 Å². The first-order valence-corrected chi connectivity index (χ1v) is 4.93. The number of aromatic nitrogens is 1. The summed E-state index contributed by atoms with van der Waals surface area (Å²) in [5, 5.41) is 3.61. The van der Waals surface area contributed by atoms with Crippen LogP contribution in [0.2, 0.25) is 0 Å². The van der Waals surface area contributed by atoms with Gasteiger partial charge in [0.25, 0.3) is 0 Å². The number of rotatable bonds is 2. The lowest BCUT2D eigenvalue weighted by Gasteiger charge is -2.01. The van der Waals surface area contributed by atoms with Gasteiger partial charge in [-0.3, -0.25) is 0 Å². The fraction of sp³-hybridized carbons (Fsp3) is 0.182. The molecule has 0 bridgehead atoms. The molecule has 1 aromatic heterocycles. The van der Waals surface area contributed by atoms with E-state index in [2.05, 4.69) is 5.16 Å². The van der Waals surface area contributed by atoms with Gasteiger partial charge >= 0.3 is 0 Å². The Bertz CT molecular complexity index is 543. The maximum atomic E-state index is 13.1. The largest absolute Gasteiger partial charge is 0.367 e. The van der Waals surface area contributed by atoms with Crippen molar-refractivity contribution in [2.45, 2.75) is 13.3 Å². The van der Waals surface area contributed by atoms with Gasteiger partial charge in [-0.2, -0.15) is 0 Å². The minimum atomic E-state index is -1.51. The molecule has 2 N–H and O–H groups in total. The molecular formula is C11H9F3N2O. The summed E-state index contributed by atoms with van der Waals surface area (Å²) in [6, 6.07) is 1.71. The Kier molecular flexibility index (Phi) is 2.79. The van der Waals surface area contributed by atoms with E-state index in [1.807, 2.05) is 0 Å². The lowest BCUT2D eigenvalue weighted by atomic mass is 10.1. The van der Waals surface area contributed by atoms with Crippen molar-refractivity contribution in [1.82, 2.24) is 5.16 Å². The number of anilines is 1. The molecule has 0 saturated heterocycles. The second-order valence-corrected chi connectivity index (χ2v) is 3.48. The molecule has 0 amide bonds. The molecule has 1 aromatic carbocycles. The van der Waals surface area contributed by atoms with Crippen molar-refractivity contribution >= 4 is 5.88 Å². The zero-order valence-corrected chi connectivity index (χ0v) is 8.93. The molecule has 0 fully saturated rings. The van der Waals surface area contributed by atoms with E-state index in [1.165, 1.54) is 0 Å². The van der Waals surface area contributed by atoms with Gasteiger partial charge < -0.3 is 10.3 Å². The van der Waals surface area contributed by atoms with Crippen molar-refractivity contribution in [3.63, 3.8) is 0 Å². The highest BCUT2D eigenvalue weighted by Crippen LogP contribution is 2.29. The Morgan fingerprint density at radius 3 is 2.35 bits per heavy atom. The Morgan fingerprint density at radius 2 is 1.82 bits per heavy atom. The van der Waals surface area contributed by atoms with Crippen molar-refractivity contribution in [1.29, 1.82) is 0 Å². The molecular weight excluding hydrogens is 233 g/mol. The molecule has 0 atom stereocenters. The fourth-order valence-corrected chi connectivity index (χ4v) is 1.58. The van der Waals surface area contributed by atoms with Crippen LogP contribution in [-0.2, 0) is 6.42 Å². The summed E-state index contributed by atoms with van der Waals surface area (Å²) >= 11 is 0. The second kappa shape index (κ2) is 4.12. The van der Waals surface area contributed by atoms with Gasteiger partial charge in [0, 0.05) is 11.1 Å². The molecule has 3 nitrogen and oxygen atoms in total. The number of nitrogen functional groups attached to an aromatic ring is 1. The zero-order valence-electron chi connectivity index (χ0n) is 8.93. The number of nitrogens with zero attached hydrogens (tertiary/aromatic N) is 1. The first kappa shape index (κ1) is 11.5. The molecule has 0 spiro atoms. The second-order valence-electron chi connectivity index (χ2n) is 3.48. The van der Waals surface area contributed by atoms with Crippen molar-refractivity contribution in [2.75, 3.05) is 5.73 Å². The number of hydrogen-bond donors (Lipinski definition) is 1. The Labute approximate surface area is 95.0 Å². The Balaban J connectivity index is 2.61. The average molecular weight is 242 g/mol. The van der Waals surface area contributed by atoms with Gasteiger partial charge in [0.2, 0.25) is 5.88 Å². The normalized spacial score (nSPS) is 10.8. The highest BCUT2D eigenvalue weighted by atomic mass is 19.2. The van der Waals surface area contributed by atoms with Crippen LogP contribution < -0.4 is 5.73 Å². The van der Waals surface area contributed by atoms with Crippen LogP contribution >= 0.6 is 0 Å². The van der Waals surface area contributed by atoms with E-state index in [0.29, 0.717) is 12.0 Å². The van der Waals surface area contributed by atoms with Crippen LogP contribution in [0.15, 0.2) is 16.7 Å². The van der Waals surface area contributed by atoms with Crippen molar-refractivity contribution in [2.24, 2.45) is 0 Å². The van der Waals surface area contributed by atoms with Gasteiger partial charge in [0.1, 0.15) is 5.69 Å². The van der Waals surface area contributed by atoms with Crippen molar-refractivity contribution in [3.05, 3.63) is 35.1 Å². The van der Waals surface area contributed by atoms with Gasteiger partial charge in [-0.05, 0) is 18.6 Å². The molecule has 17 heavy (non-hydrogen) atoms. The molecule has 0 aliphatic carbocycles. The highest BCUT2D eigenvalue weighted by molar-refractivity contribution is 5.67. The lowest BCUT2D eigenvalue weighted by Crippen LogP contribution is -1.94. The molecule has 6 heteroatoms. The minimum absolute atomic E-state index is 0.0904. The summed E-state index contributed by atoms with van der Waals surface area (Å²) in [4.78, 5) is 0. The number of benzene rings is 1. The zero-order chi connectivity index (χ0) is 12.6. The van der Waals surface area contributed by atoms with E-state index in [-0.39, 0.29) is 17.1 Å². The monoisotopic (exact) mass is 242 g/mol. The molecule has 90 valence electrons. The van der Waals surface area contributed by atoms with Crippen LogP contribution in [0.25, 0.3) is 11.3 Å². The third-order valence-electron chi connectivity index (χ3n) is 2.43. The summed E-state index contributed by atoms with van der Waals surface area (Å²) in [6.45, 7) is 1.79. The number of hydrogen-bond acceptors (Lipinski definition) is 3. The summed E-state index contributed by atoms with van der Waals surface area (Å²) < 4.78 is 43.7. The lowest BCUT2D eigenvalue weighted by molar-refractivity contribution is 0.437. The first-order valence-electron chi connectivity index (χ1n) is 4.93. The topological polar surface area (TPSA) is 52.0 Å². The average Bonchev–Trinajstić information content (AvgIpc) is 2.66. The molecule has 1 heterocycles. The third kappa shape index (κ3) is 1.86. The van der Waals surface area contributed by atoms with Crippen molar-refractivity contribution < 1.29 is 17.7 Å². The van der Waals surface area contributed by atoms with Crippen LogP contribution in [0.4, 0.5) is 19.1 Å². The molecule has 0 aliphatic heterocycles. The van der Waals surface area contributed by atoms with E-state index in [0.717, 1.165) is 12.1 Å². The number of halogens is 3. The van der Waals surface area contributed by atoms with Crippen LogP contribution in [0.5, 0.6) is 0 Å². The summed E-state index contributed by atoms with van der Waals surface area (Å²) in [5.74, 6) is -3.97. The summed E-state index contributed by atoms with van der Waals surface area (Å²) in [7, 11) is 0. The van der Waals surface area contributed by atoms with E-state index in [1.54, 1.807) is 6.92 Å². The summed E-state index contributed by atoms with van der Waals surface area (Å²) in [6.07, 6.45) is 0.491. The van der Waals surface area contributed by atoms with Crippen LogP contribution in [0.1, 0.15) is 12.5 Å². The minimum Gasteiger partial charge on any atom is -0.367 e. The maximum absolute atomic E-state index is 13.1. The van der Waals surface area contributed by atoms with Gasteiger partial charge in [0.05, 0.1) is 0 Å². The highest BCUT2D eigenvalue weighted by Gasteiger charge is 2.18. The molecule has 0 aliphatic rings. The van der Waals surface area contributed by atoms with E-state index >= 15 is 0 Å². The summed E-state index contributed by atoms with van der Waals surface area (Å²) in [5.41, 5.74) is 6.36. The molecule has 0 radical (unpaired) electrons. The third-order valence-corrected chi connectivity index (χ3v) is 2.43. The first-order chi connectivity index (χ1) is 8.04. The fourth-order valence-electron chi connectivity index (χ4n) is 1.58. The Hall–Kier alpha value is -1.98. The molecule has 0 saturated carbocycles. The quantitative estimate of drug-likeness (QED) is 0.824. The molecule has 2 aromatic rings. The Morgan fingerprint density at radius 1 is 1.24 bits per heavy atom. The van der Waals surface area contributed by atoms with Gasteiger partial charge in [-0.1, -0.05) is 12.1 Å². The predicted molar refractivity (Wildman–Crippen MR) is 55.6 cm³/mol. The molecule has 2 rings (SSSR count). The van der Waals surface area contributed by atoms with Gasteiger partial charge in [0.15, 0.2) is 17.5 Å². The molecule has 0 unspecified atom stereocenters. The van der Waals surface area contributed by atoms with Crippen molar-refractivity contribution in [3.8, 4) is 11.3 Å². The smallest absolute Gasteiger partial charge is 0.225 e. The van der Waals surface area contributed by atoms with Crippen LogP contribution in [-0.4, -0.2) is 5.16 Å². The SMILES string of the molecule is CCc1c(-c2cc(F)c(F)c(F)c2)noc1N. The standard InChI is InChI=1S/C11H9F3N2O/c1-2-6-10(16-17-11(6)15)5-3-7(12)9(14)8(13)4-5/h3-4H,2,15H2,1H3. The van der Waals surface area contributed by atoms with Crippen LogP contribution in [0.3, 0.4) is 0 Å². The van der Waals surface area contributed by atoms with Crippen LogP contribution in [0, 0.1) is 17.5 Å². The maximum Gasteiger partial charge on any atom is 0.225 e. The van der Waals surface area contributed by atoms with Gasteiger partial charge in [-0.25, -0.2) is 13.2 Å². The van der Waals surface area contributed by atoms with E-state index < -0.39 is 17.5 Å². The van der Waals surface area contributed by atoms with E-state index in [4.69, 9.17) is 10.3 Å². The number of nitrogens with two attached hydrogens (primary N) is 1.